The summed E-state index contributed by atoms with van der Waals surface area (Å²) in [5.41, 5.74) is -0.0290. The highest BCUT2D eigenvalue weighted by Crippen LogP contribution is 2.57. The molecular weight excluding hydrogens is 504 g/mol. The van der Waals surface area contributed by atoms with Gasteiger partial charge in [-0.1, -0.05) is 62.2 Å². The first-order valence-corrected chi connectivity index (χ1v) is 13.0. The van der Waals surface area contributed by atoms with E-state index in [0.717, 1.165) is 0 Å². The Balaban J connectivity index is 1.91. The van der Waals surface area contributed by atoms with Gasteiger partial charge >= 0.3 is 0 Å². The van der Waals surface area contributed by atoms with Crippen LogP contribution in [0.2, 0.25) is 10.0 Å². The zero-order valence-electron chi connectivity index (χ0n) is 20.6. The van der Waals surface area contributed by atoms with Crippen molar-refractivity contribution in [3.05, 3.63) is 63.4 Å². The molecule has 4 N–H and O–H groups in total. The van der Waals surface area contributed by atoms with Gasteiger partial charge in [0.05, 0.1) is 11.1 Å². The monoisotopic (exact) mass is 535 g/mol. The van der Waals surface area contributed by atoms with Crippen molar-refractivity contribution in [2.75, 3.05) is 18.5 Å². The molecule has 194 valence electrons. The van der Waals surface area contributed by atoms with E-state index in [2.05, 4.69) is 36.7 Å². The van der Waals surface area contributed by atoms with Gasteiger partial charge in [0.1, 0.15) is 11.2 Å². The van der Waals surface area contributed by atoms with Crippen molar-refractivity contribution in [2.45, 2.75) is 63.5 Å². The summed E-state index contributed by atoms with van der Waals surface area (Å²) in [7, 11) is 0. The van der Waals surface area contributed by atoms with Crippen LogP contribution in [0.5, 0.6) is 0 Å². The van der Waals surface area contributed by atoms with Crippen molar-refractivity contribution in [1.29, 1.82) is 0 Å². The summed E-state index contributed by atoms with van der Waals surface area (Å²) in [6.45, 7) is 6.58. The SMILES string of the molecule is CC(C)(C)CC1NC(C(=O)NCCCCO)C(c2cccc(Cl)c2F)C12C(=O)Nc1cc(Cl)ccc12. The lowest BCUT2D eigenvalue weighted by atomic mass is 9.62. The summed E-state index contributed by atoms with van der Waals surface area (Å²) in [4.78, 5) is 27.6. The van der Waals surface area contributed by atoms with Gasteiger partial charge in [-0.3, -0.25) is 9.59 Å². The van der Waals surface area contributed by atoms with E-state index < -0.39 is 29.2 Å². The number of fused-ring (bicyclic) bond motifs is 2. The summed E-state index contributed by atoms with van der Waals surface area (Å²) in [5, 5.41) is 18.8. The number of aliphatic hydroxyl groups is 1. The Morgan fingerprint density at radius 2 is 1.94 bits per heavy atom. The fourth-order valence-corrected chi connectivity index (χ4v) is 6.06. The lowest BCUT2D eigenvalue weighted by Crippen LogP contribution is -2.49. The van der Waals surface area contributed by atoms with E-state index in [0.29, 0.717) is 42.1 Å². The van der Waals surface area contributed by atoms with Crippen LogP contribution in [0.15, 0.2) is 36.4 Å². The predicted molar refractivity (Wildman–Crippen MR) is 140 cm³/mol. The van der Waals surface area contributed by atoms with Gasteiger partial charge in [0.2, 0.25) is 11.8 Å². The number of halogens is 3. The first kappa shape index (κ1) is 26.9. The summed E-state index contributed by atoms with van der Waals surface area (Å²) < 4.78 is 15.6. The second kappa shape index (κ2) is 10.3. The minimum Gasteiger partial charge on any atom is -0.396 e. The van der Waals surface area contributed by atoms with Gasteiger partial charge in [-0.25, -0.2) is 4.39 Å². The molecule has 2 aromatic rings. The summed E-state index contributed by atoms with van der Waals surface area (Å²) in [6, 6.07) is 8.51. The number of aliphatic hydroxyl groups excluding tert-OH is 1. The lowest BCUT2D eigenvalue weighted by Gasteiger charge is -2.37. The number of amides is 2. The van der Waals surface area contributed by atoms with Crippen molar-refractivity contribution < 1.29 is 19.1 Å². The van der Waals surface area contributed by atoms with Crippen LogP contribution in [-0.4, -0.2) is 42.2 Å². The molecule has 4 rings (SSSR count). The Bertz CT molecular complexity index is 1170. The van der Waals surface area contributed by atoms with Gasteiger partial charge in [-0.05, 0) is 54.0 Å². The number of carbonyl (C=O) groups excluding carboxylic acids is 2. The minimum absolute atomic E-state index is 0.0319. The van der Waals surface area contributed by atoms with Gasteiger partial charge < -0.3 is 21.1 Å². The van der Waals surface area contributed by atoms with E-state index >= 15 is 4.39 Å². The maximum atomic E-state index is 15.6. The number of rotatable bonds is 7. The molecule has 6 nitrogen and oxygen atoms in total. The fraction of sp³-hybridized carbons (Fsp3) is 0.481. The van der Waals surface area contributed by atoms with Gasteiger partial charge in [-0.15, -0.1) is 0 Å². The van der Waals surface area contributed by atoms with Gasteiger partial charge in [-0.2, -0.15) is 0 Å². The van der Waals surface area contributed by atoms with Crippen LogP contribution in [0.3, 0.4) is 0 Å². The third-order valence-electron chi connectivity index (χ3n) is 7.11. The molecule has 2 aliphatic rings. The number of hydrogen-bond donors (Lipinski definition) is 4. The smallest absolute Gasteiger partial charge is 0.237 e. The molecule has 2 amide bonds. The Hall–Kier alpha value is -2.19. The molecule has 1 fully saturated rings. The summed E-state index contributed by atoms with van der Waals surface area (Å²) in [6.07, 6.45) is 1.71. The van der Waals surface area contributed by atoms with Crippen molar-refractivity contribution in [3.63, 3.8) is 0 Å². The molecule has 0 saturated carbocycles. The maximum Gasteiger partial charge on any atom is 0.237 e. The maximum absolute atomic E-state index is 15.6. The number of nitrogens with one attached hydrogen (secondary N) is 3. The van der Waals surface area contributed by atoms with Crippen LogP contribution in [0.25, 0.3) is 0 Å². The molecule has 9 heteroatoms. The zero-order valence-corrected chi connectivity index (χ0v) is 22.1. The second-order valence-electron chi connectivity index (χ2n) is 10.8. The molecule has 2 aliphatic heterocycles. The van der Waals surface area contributed by atoms with E-state index in [1.165, 1.54) is 6.07 Å². The molecule has 0 aromatic heterocycles. The number of hydrogen-bond acceptors (Lipinski definition) is 4. The zero-order chi connectivity index (χ0) is 26.3. The normalized spacial score (nSPS) is 25.2. The number of carbonyl (C=O) groups is 2. The molecule has 2 heterocycles. The first-order valence-electron chi connectivity index (χ1n) is 12.2. The third-order valence-corrected chi connectivity index (χ3v) is 7.63. The highest BCUT2D eigenvalue weighted by molar-refractivity contribution is 6.31. The lowest BCUT2D eigenvalue weighted by molar-refractivity contribution is -0.123. The van der Waals surface area contributed by atoms with Crippen molar-refractivity contribution in [2.24, 2.45) is 5.41 Å². The van der Waals surface area contributed by atoms with E-state index in [4.69, 9.17) is 28.3 Å². The average Bonchev–Trinajstić information content (AvgIpc) is 3.27. The fourth-order valence-electron chi connectivity index (χ4n) is 5.71. The standard InChI is InChI=1S/C27H32Cl2FN3O3/c1-26(2,3)14-20-27(17-10-9-15(28)13-19(17)32-25(27)36)21(16-7-6-8-18(29)22(16)30)23(33-20)24(35)31-11-4-5-12-34/h6-10,13,20-21,23,33-34H,4-5,11-12,14H2,1-3H3,(H,31,35)(H,32,36). The molecule has 36 heavy (non-hydrogen) atoms. The average molecular weight is 536 g/mol. The molecule has 0 radical (unpaired) electrons. The quantitative estimate of drug-likeness (QED) is 0.384. The number of unbranched alkanes of at least 4 members (excludes halogenated alkanes) is 1. The Morgan fingerprint density at radius 1 is 1.19 bits per heavy atom. The van der Waals surface area contributed by atoms with Crippen molar-refractivity contribution >= 4 is 40.7 Å². The van der Waals surface area contributed by atoms with E-state index in [-0.39, 0.29) is 34.4 Å². The topological polar surface area (TPSA) is 90.5 Å². The third kappa shape index (κ3) is 4.74. The Kier molecular flexibility index (Phi) is 7.68. The molecule has 4 atom stereocenters. The van der Waals surface area contributed by atoms with E-state index in [1.54, 1.807) is 30.3 Å². The number of benzene rings is 2. The van der Waals surface area contributed by atoms with Gasteiger partial charge in [0, 0.05) is 35.8 Å². The van der Waals surface area contributed by atoms with Crippen LogP contribution in [0, 0.1) is 11.2 Å². The van der Waals surface area contributed by atoms with Gasteiger partial charge in [0.25, 0.3) is 0 Å². The van der Waals surface area contributed by atoms with Crippen LogP contribution in [0.4, 0.5) is 10.1 Å². The molecule has 0 aliphatic carbocycles. The number of anilines is 1. The summed E-state index contributed by atoms with van der Waals surface area (Å²) in [5.74, 6) is -2.15. The van der Waals surface area contributed by atoms with Crippen molar-refractivity contribution in [3.8, 4) is 0 Å². The largest absolute Gasteiger partial charge is 0.396 e. The molecule has 1 saturated heterocycles. The van der Waals surface area contributed by atoms with Crippen LogP contribution in [0.1, 0.15) is 57.1 Å². The van der Waals surface area contributed by atoms with E-state index in [1.807, 2.05) is 0 Å². The minimum atomic E-state index is -1.27. The van der Waals surface area contributed by atoms with Crippen LogP contribution >= 0.6 is 23.2 Å². The molecule has 1 spiro atoms. The van der Waals surface area contributed by atoms with Crippen LogP contribution < -0.4 is 16.0 Å². The highest BCUT2D eigenvalue weighted by Gasteiger charge is 2.66. The summed E-state index contributed by atoms with van der Waals surface area (Å²) >= 11 is 12.4. The van der Waals surface area contributed by atoms with Crippen molar-refractivity contribution in [1.82, 2.24) is 10.6 Å². The molecule has 4 unspecified atom stereocenters. The molecular formula is C27H32Cl2FN3O3. The second-order valence-corrected chi connectivity index (χ2v) is 11.7. The van der Waals surface area contributed by atoms with Gasteiger partial charge in [0.15, 0.2) is 0 Å². The van der Waals surface area contributed by atoms with Crippen LogP contribution in [-0.2, 0) is 15.0 Å². The predicted octanol–water partition coefficient (Wildman–Crippen LogP) is 4.77. The first-order chi connectivity index (χ1) is 17.0. The van der Waals surface area contributed by atoms with E-state index in [9.17, 15) is 9.59 Å². The molecule has 2 aromatic carbocycles. The Labute approximate surface area is 220 Å². The molecule has 0 bridgehead atoms. The Morgan fingerprint density at radius 3 is 2.64 bits per heavy atom. The highest BCUT2D eigenvalue weighted by atomic mass is 35.5.